The minimum atomic E-state index is -0.408. The Hall–Kier alpha value is -1.07. The van der Waals surface area contributed by atoms with E-state index in [0.717, 1.165) is 26.1 Å². The van der Waals surface area contributed by atoms with E-state index in [9.17, 15) is 9.18 Å². The third-order valence-corrected chi connectivity index (χ3v) is 3.92. The van der Waals surface area contributed by atoms with Gasteiger partial charge in [-0.05, 0) is 43.6 Å². The summed E-state index contributed by atoms with van der Waals surface area (Å²) in [6.07, 6.45) is 1.12. The molecular formula is C14H19FN2OS. The molecule has 0 aliphatic carbocycles. The van der Waals surface area contributed by atoms with Gasteiger partial charge in [-0.2, -0.15) is 0 Å². The number of halogens is 1. The van der Waals surface area contributed by atoms with Crippen LogP contribution in [0, 0.1) is 11.7 Å². The number of thiol groups is 1. The maximum Gasteiger partial charge on any atom is 0.251 e. The zero-order chi connectivity index (χ0) is 13.8. The molecule has 0 saturated carbocycles. The molecule has 1 unspecified atom stereocenters. The zero-order valence-corrected chi connectivity index (χ0v) is 11.9. The fourth-order valence-electron chi connectivity index (χ4n) is 2.36. The second-order valence-electron chi connectivity index (χ2n) is 4.92. The second kappa shape index (κ2) is 6.39. The number of benzene rings is 1. The molecule has 5 heteroatoms. The van der Waals surface area contributed by atoms with Gasteiger partial charge in [0.15, 0.2) is 0 Å². The van der Waals surface area contributed by atoms with E-state index in [1.165, 1.54) is 18.2 Å². The summed E-state index contributed by atoms with van der Waals surface area (Å²) in [6.45, 7) is 6.03. The first-order valence-corrected chi connectivity index (χ1v) is 7.04. The van der Waals surface area contributed by atoms with Crippen LogP contribution < -0.4 is 5.32 Å². The van der Waals surface area contributed by atoms with Crippen LogP contribution in [-0.4, -0.2) is 37.0 Å². The Morgan fingerprint density at radius 2 is 2.37 bits per heavy atom. The molecule has 1 fully saturated rings. The standard InChI is InChI=1S/C14H19FN2OS/c1-2-17-6-5-10(9-17)8-16-14(18)11-3-4-12(15)13(19)7-11/h3-4,7,10,19H,2,5-6,8-9H2,1H3,(H,16,18). The van der Waals surface area contributed by atoms with Crippen LogP contribution in [0.2, 0.25) is 0 Å². The average molecular weight is 282 g/mol. The number of hydrogen-bond donors (Lipinski definition) is 2. The highest BCUT2D eigenvalue weighted by Crippen LogP contribution is 2.16. The molecule has 0 aromatic heterocycles. The van der Waals surface area contributed by atoms with Crippen LogP contribution in [0.3, 0.4) is 0 Å². The zero-order valence-electron chi connectivity index (χ0n) is 11.0. The number of carbonyl (C=O) groups is 1. The highest BCUT2D eigenvalue weighted by atomic mass is 32.1. The molecule has 1 saturated heterocycles. The number of nitrogens with zero attached hydrogens (tertiary/aromatic N) is 1. The van der Waals surface area contributed by atoms with Crippen LogP contribution >= 0.6 is 12.6 Å². The number of hydrogen-bond acceptors (Lipinski definition) is 3. The molecule has 1 N–H and O–H groups in total. The quantitative estimate of drug-likeness (QED) is 0.830. The van der Waals surface area contributed by atoms with Gasteiger partial charge in [-0.3, -0.25) is 4.79 Å². The summed E-state index contributed by atoms with van der Waals surface area (Å²) in [5, 5.41) is 2.91. The molecule has 1 aliphatic rings. The van der Waals surface area contributed by atoms with E-state index >= 15 is 0 Å². The summed E-state index contributed by atoms with van der Waals surface area (Å²) in [7, 11) is 0. The summed E-state index contributed by atoms with van der Waals surface area (Å²) < 4.78 is 13.1. The van der Waals surface area contributed by atoms with E-state index in [4.69, 9.17) is 0 Å². The van der Waals surface area contributed by atoms with Crippen molar-refractivity contribution in [3.8, 4) is 0 Å². The van der Waals surface area contributed by atoms with Gasteiger partial charge in [-0.25, -0.2) is 4.39 Å². The van der Waals surface area contributed by atoms with Crippen molar-refractivity contribution < 1.29 is 9.18 Å². The minimum absolute atomic E-state index is 0.162. The molecule has 1 aromatic rings. The van der Waals surface area contributed by atoms with Gasteiger partial charge in [0.05, 0.1) is 0 Å². The van der Waals surface area contributed by atoms with Crippen LogP contribution in [0.15, 0.2) is 23.1 Å². The van der Waals surface area contributed by atoms with Gasteiger partial charge in [-0.1, -0.05) is 6.92 Å². The third-order valence-electron chi connectivity index (χ3n) is 3.58. The van der Waals surface area contributed by atoms with Crippen LogP contribution in [0.25, 0.3) is 0 Å². The SMILES string of the molecule is CCN1CCC(CNC(=O)c2ccc(F)c(S)c2)C1. The van der Waals surface area contributed by atoms with E-state index < -0.39 is 5.82 Å². The molecule has 1 amide bonds. The Labute approximate surface area is 118 Å². The van der Waals surface area contributed by atoms with Crippen molar-refractivity contribution in [3.63, 3.8) is 0 Å². The number of nitrogens with one attached hydrogen (secondary N) is 1. The monoisotopic (exact) mass is 282 g/mol. The number of rotatable bonds is 4. The highest BCUT2D eigenvalue weighted by Gasteiger charge is 2.21. The van der Waals surface area contributed by atoms with Crippen molar-refractivity contribution in [1.29, 1.82) is 0 Å². The maximum atomic E-state index is 13.1. The first-order chi connectivity index (χ1) is 9.10. The van der Waals surface area contributed by atoms with Gasteiger partial charge in [0.1, 0.15) is 5.82 Å². The van der Waals surface area contributed by atoms with Gasteiger partial charge in [-0.15, -0.1) is 12.6 Å². The number of carbonyl (C=O) groups excluding carboxylic acids is 1. The van der Waals surface area contributed by atoms with Crippen LogP contribution in [0.5, 0.6) is 0 Å². The van der Waals surface area contributed by atoms with E-state index in [-0.39, 0.29) is 10.8 Å². The van der Waals surface area contributed by atoms with E-state index in [0.29, 0.717) is 18.0 Å². The predicted molar refractivity (Wildman–Crippen MR) is 76.2 cm³/mol. The van der Waals surface area contributed by atoms with Gasteiger partial charge >= 0.3 is 0 Å². The smallest absolute Gasteiger partial charge is 0.251 e. The maximum absolute atomic E-state index is 13.1. The summed E-state index contributed by atoms with van der Waals surface area (Å²) in [4.78, 5) is 14.5. The minimum Gasteiger partial charge on any atom is -0.352 e. The predicted octanol–water partition coefficient (Wildman–Crippen LogP) is 2.19. The molecule has 1 heterocycles. The third kappa shape index (κ3) is 3.70. The van der Waals surface area contributed by atoms with Crippen molar-refractivity contribution in [3.05, 3.63) is 29.6 Å². The van der Waals surface area contributed by atoms with Crippen molar-refractivity contribution in [2.45, 2.75) is 18.2 Å². The Morgan fingerprint density at radius 3 is 3.00 bits per heavy atom. The molecule has 1 aliphatic heterocycles. The molecule has 0 spiro atoms. The second-order valence-corrected chi connectivity index (χ2v) is 5.41. The molecule has 2 rings (SSSR count). The van der Waals surface area contributed by atoms with Crippen molar-refractivity contribution in [1.82, 2.24) is 10.2 Å². The van der Waals surface area contributed by atoms with Crippen molar-refractivity contribution in [2.24, 2.45) is 5.92 Å². The van der Waals surface area contributed by atoms with Crippen LogP contribution in [0.4, 0.5) is 4.39 Å². The Morgan fingerprint density at radius 1 is 1.58 bits per heavy atom. The lowest BCUT2D eigenvalue weighted by atomic mass is 10.1. The lowest BCUT2D eigenvalue weighted by Crippen LogP contribution is -2.31. The summed E-state index contributed by atoms with van der Waals surface area (Å²) >= 11 is 3.98. The van der Waals surface area contributed by atoms with E-state index in [2.05, 4.69) is 29.8 Å². The average Bonchev–Trinajstić information content (AvgIpc) is 2.87. The molecule has 3 nitrogen and oxygen atoms in total. The lowest BCUT2D eigenvalue weighted by Gasteiger charge is -2.13. The Balaban J connectivity index is 1.86. The molecule has 0 radical (unpaired) electrons. The normalized spacial score (nSPS) is 19.6. The van der Waals surface area contributed by atoms with Gasteiger partial charge in [0, 0.05) is 23.5 Å². The van der Waals surface area contributed by atoms with Crippen molar-refractivity contribution >= 4 is 18.5 Å². The Kier molecular flexibility index (Phi) is 4.82. The molecule has 0 bridgehead atoms. The van der Waals surface area contributed by atoms with Crippen LogP contribution in [-0.2, 0) is 0 Å². The number of likely N-dealkylation sites (tertiary alicyclic amines) is 1. The fraction of sp³-hybridized carbons (Fsp3) is 0.500. The summed E-state index contributed by atoms with van der Waals surface area (Å²) in [6, 6.07) is 4.21. The molecular weight excluding hydrogens is 263 g/mol. The molecule has 19 heavy (non-hydrogen) atoms. The lowest BCUT2D eigenvalue weighted by molar-refractivity contribution is 0.0947. The van der Waals surface area contributed by atoms with E-state index in [1.54, 1.807) is 0 Å². The largest absolute Gasteiger partial charge is 0.352 e. The fourth-order valence-corrected chi connectivity index (χ4v) is 2.57. The van der Waals surface area contributed by atoms with Crippen molar-refractivity contribution in [2.75, 3.05) is 26.2 Å². The van der Waals surface area contributed by atoms with E-state index in [1.807, 2.05) is 0 Å². The van der Waals surface area contributed by atoms with Crippen LogP contribution in [0.1, 0.15) is 23.7 Å². The van der Waals surface area contributed by atoms with Gasteiger partial charge in [0.25, 0.3) is 5.91 Å². The first-order valence-electron chi connectivity index (χ1n) is 6.59. The number of amides is 1. The van der Waals surface area contributed by atoms with Gasteiger partial charge in [0.2, 0.25) is 0 Å². The molecule has 1 atom stereocenters. The molecule has 104 valence electrons. The summed E-state index contributed by atoms with van der Waals surface area (Å²) in [5.41, 5.74) is 0.455. The Bertz CT molecular complexity index is 467. The van der Waals surface area contributed by atoms with Gasteiger partial charge < -0.3 is 10.2 Å². The summed E-state index contributed by atoms with van der Waals surface area (Å²) in [5.74, 6) is -0.0562. The topological polar surface area (TPSA) is 32.3 Å². The molecule has 1 aromatic carbocycles. The highest BCUT2D eigenvalue weighted by molar-refractivity contribution is 7.80. The first kappa shape index (κ1) is 14.3.